The predicted molar refractivity (Wildman–Crippen MR) is 102 cm³/mol. The molecule has 0 aliphatic carbocycles. The van der Waals surface area contributed by atoms with Gasteiger partial charge in [-0.25, -0.2) is 4.98 Å². The van der Waals surface area contributed by atoms with Gasteiger partial charge in [-0.3, -0.25) is 4.68 Å². The van der Waals surface area contributed by atoms with Gasteiger partial charge in [0.25, 0.3) is 0 Å². The van der Waals surface area contributed by atoms with Gasteiger partial charge in [0, 0.05) is 55.5 Å². The van der Waals surface area contributed by atoms with Crippen molar-refractivity contribution in [2.75, 3.05) is 11.4 Å². The van der Waals surface area contributed by atoms with Crippen LogP contribution in [0.4, 0.5) is 5.82 Å². The molecule has 0 saturated heterocycles. The van der Waals surface area contributed by atoms with Gasteiger partial charge in [-0.2, -0.15) is 14.7 Å². The van der Waals surface area contributed by atoms with E-state index < -0.39 is 0 Å². The Morgan fingerprint density at radius 2 is 2.00 bits per heavy atom. The van der Waals surface area contributed by atoms with E-state index in [4.69, 9.17) is 4.98 Å². The van der Waals surface area contributed by atoms with E-state index in [-0.39, 0.29) is 6.61 Å². The van der Waals surface area contributed by atoms with Gasteiger partial charge in [0.2, 0.25) is 0 Å². The minimum absolute atomic E-state index is 0.0419. The molecule has 7 heteroatoms. The van der Waals surface area contributed by atoms with E-state index in [9.17, 15) is 5.11 Å². The number of anilines is 1. The highest BCUT2D eigenvalue weighted by Gasteiger charge is 2.25. The zero-order chi connectivity index (χ0) is 18.4. The summed E-state index contributed by atoms with van der Waals surface area (Å²) in [7, 11) is 1.94. The number of rotatable bonds is 3. The maximum absolute atomic E-state index is 9.67. The minimum atomic E-state index is -0.0419. The van der Waals surface area contributed by atoms with Gasteiger partial charge in [0.1, 0.15) is 5.82 Å². The molecule has 5 rings (SSSR count). The molecule has 4 heterocycles. The average Bonchev–Trinajstić information content (AvgIpc) is 3.32. The van der Waals surface area contributed by atoms with Crippen molar-refractivity contribution in [2.45, 2.75) is 19.6 Å². The van der Waals surface area contributed by atoms with Crippen LogP contribution in [0.3, 0.4) is 0 Å². The van der Waals surface area contributed by atoms with Crippen LogP contribution in [0.2, 0.25) is 0 Å². The third-order valence-electron chi connectivity index (χ3n) is 5.21. The van der Waals surface area contributed by atoms with Gasteiger partial charge in [0.15, 0.2) is 5.65 Å². The second-order valence-corrected chi connectivity index (χ2v) is 6.79. The lowest BCUT2D eigenvalue weighted by Gasteiger charge is -2.30. The van der Waals surface area contributed by atoms with Crippen LogP contribution >= 0.6 is 0 Å². The summed E-state index contributed by atoms with van der Waals surface area (Å²) in [5, 5.41) is 18.6. The number of benzene rings is 1. The van der Waals surface area contributed by atoms with Gasteiger partial charge in [-0.1, -0.05) is 30.3 Å². The van der Waals surface area contributed by atoms with E-state index in [0.717, 1.165) is 46.9 Å². The third-order valence-corrected chi connectivity index (χ3v) is 5.21. The molecule has 27 heavy (non-hydrogen) atoms. The Labute approximate surface area is 156 Å². The number of aromatic nitrogens is 5. The van der Waals surface area contributed by atoms with Crippen LogP contribution in [0.5, 0.6) is 0 Å². The van der Waals surface area contributed by atoms with Crippen LogP contribution in [0.25, 0.3) is 16.9 Å². The largest absolute Gasteiger partial charge is 0.390 e. The summed E-state index contributed by atoms with van der Waals surface area (Å²) in [6, 6.07) is 14.2. The van der Waals surface area contributed by atoms with Gasteiger partial charge in [-0.15, -0.1) is 0 Å². The molecule has 1 aromatic carbocycles. The minimum Gasteiger partial charge on any atom is -0.390 e. The normalized spacial score (nSPS) is 13.9. The topological polar surface area (TPSA) is 71.5 Å². The SMILES string of the molecule is Cn1nc(CO)c2c1CCN(c1cc(-c3ccccc3)nc3ccnn13)C2. The fourth-order valence-electron chi connectivity index (χ4n) is 3.87. The summed E-state index contributed by atoms with van der Waals surface area (Å²) in [6.07, 6.45) is 2.66. The molecule has 0 amide bonds. The van der Waals surface area contributed by atoms with Crippen LogP contribution in [0.15, 0.2) is 48.7 Å². The fourth-order valence-corrected chi connectivity index (χ4v) is 3.87. The van der Waals surface area contributed by atoms with Crippen molar-refractivity contribution in [1.82, 2.24) is 24.4 Å². The van der Waals surface area contributed by atoms with Gasteiger partial charge >= 0.3 is 0 Å². The molecule has 0 fully saturated rings. The molecule has 1 N–H and O–H groups in total. The van der Waals surface area contributed by atoms with Crippen LogP contribution < -0.4 is 4.90 Å². The number of aliphatic hydroxyl groups excluding tert-OH is 1. The lowest BCUT2D eigenvalue weighted by molar-refractivity contribution is 0.274. The van der Waals surface area contributed by atoms with Gasteiger partial charge in [-0.05, 0) is 0 Å². The summed E-state index contributed by atoms with van der Waals surface area (Å²) in [5.74, 6) is 1.00. The van der Waals surface area contributed by atoms with E-state index in [1.54, 1.807) is 6.20 Å². The Morgan fingerprint density at radius 3 is 2.81 bits per heavy atom. The number of nitrogens with zero attached hydrogens (tertiary/aromatic N) is 6. The molecule has 0 atom stereocenters. The smallest absolute Gasteiger partial charge is 0.157 e. The molecule has 1 aliphatic heterocycles. The van der Waals surface area contributed by atoms with Crippen LogP contribution in [-0.4, -0.2) is 36.0 Å². The molecule has 0 radical (unpaired) electrons. The Kier molecular flexibility index (Phi) is 3.68. The number of aliphatic hydroxyl groups is 1. The van der Waals surface area contributed by atoms with Crippen molar-refractivity contribution in [2.24, 2.45) is 7.05 Å². The second-order valence-electron chi connectivity index (χ2n) is 6.79. The Morgan fingerprint density at radius 1 is 1.15 bits per heavy atom. The molecule has 4 aromatic rings. The molecule has 0 unspecified atom stereocenters. The highest BCUT2D eigenvalue weighted by molar-refractivity contribution is 5.67. The first-order chi connectivity index (χ1) is 13.2. The first kappa shape index (κ1) is 16.0. The zero-order valence-electron chi connectivity index (χ0n) is 15.1. The monoisotopic (exact) mass is 360 g/mol. The first-order valence-electron chi connectivity index (χ1n) is 9.04. The van der Waals surface area contributed by atoms with E-state index >= 15 is 0 Å². The summed E-state index contributed by atoms with van der Waals surface area (Å²) >= 11 is 0. The quantitative estimate of drug-likeness (QED) is 0.606. The summed E-state index contributed by atoms with van der Waals surface area (Å²) in [6.45, 7) is 1.52. The number of hydrogen-bond donors (Lipinski definition) is 1. The zero-order valence-corrected chi connectivity index (χ0v) is 15.1. The summed E-state index contributed by atoms with van der Waals surface area (Å²) < 4.78 is 3.77. The van der Waals surface area contributed by atoms with E-state index in [1.807, 2.05) is 40.5 Å². The lowest BCUT2D eigenvalue weighted by atomic mass is 10.0. The Bertz CT molecular complexity index is 1110. The van der Waals surface area contributed by atoms with Crippen molar-refractivity contribution in [3.05, 3.63) is 65.6 Å². The summed E-state index contributed by atoms with van der Waals surface area (Å²) in [5.41, 5.74) is 5.90. The molecule has 0 bridgehead atoms. The third kappa shape index (κ3) is 2.59. The molecule has 136 valence electrons. The van der Waals surface area contributed by atoms with E-state index in [0.29, 0.717) is 6.54 Å². The molecular weight excluding hydrogens is 340 g/mol. The Hall–Kier alpha value is -3.19. The highest BCUT2D eigenvalue weighted by Crippen LogP contribution is 2.29. The number of fused-ring (bicyclic) bond motifs is 2. The van der Waals surface area contributed by atoms with Crippen LogP contribution in [-0.2, 0) is 26.6 Å². The standard InChI is InChI=1S/C20H20N6O/c1-24-18-8-10-25(12-15(18)17(13-27)23-24)20-11-16(14-5-3-2-4-6-14)22-19-7-9-21-26(19)20/h2-7,9,11,27H,8,10,12-13H2,1H3. The van der Waals surface area contributed by atoms with Crippen LogP contribution in [0.1, 0.15) is 17.0 Å². The molecule has 7 nitrogen and oxygen atoms in total. The maximum atomic E-state index is 9.67. The molecule has 0 saturated carbocycles. The van der Waals surface area contributed by atoms with Crippen molar-refractivity contribution in [3.63, 3.8) is 0 Å². The molecular formula is C20H20N6O. The van der Waals surface area contributed by atoms with Crippen LogP contribution in [0, 0.1) is 0 Å². The first-order valence-corrected chi connectivity index (χ1v) is 9.04. The van der Waals surface area contributed by atoms with E-state index in [1.165, 1.54) is 5.69 Å². The highest BCUT2D eigenvalue weighted by atomic mass is 16.3. The molecule has 3 aromatic heterocycles. The molecule has 0 spiro atoms. The summed E-state index contributed by atoms with van der Waals surface area (Å²) in [4.78, 5) is 7.05. The Balaban J connectivity index is 1.61. The van der Waals surface area contributed by atoms with Crippen molar-refractivity contribution in [1.29, 1.82) is 0 Å². The lowest BCUT2D eigenvalue weighted by Crippen LogP contribution is -2.32. The maximum Gasteiger partial charge on any atom is 0.157 e. The number of aryl methyl sites for hydroxylation is 1. The second kappa shape index (κ2) is 6.21. The van der Waals surface area contributed by atoms with Crippen molar-refractivity contribution < 1.29 is 5.11 Å². The molecule has 1 aliphatic rings. The average molecular weight is 360 g/mol. The van der Waals surface area contributed by atoms with Crippen molar-refractivity contribution in [3.8, 4) is 11.3 Å². The fraction of sp³-hybridized carbons (Fsp3) is 0.250. The van der Waals surface area contributed by atoms with Gasteiger partial charge < -0.3 is 10.0 Å². The van der Waals surface area contributed by atoms with E-state index in [2.05, 4.69) is 33.3 Å². The predicted octanol–water partition coefficient (Wildman–Crippen LogP) is 2.18. The van der Waals surface area contributed by atoms with Gasteiger partial charge in [0.05, 0.1) is 24.2 Å². The van der Waals surface area contributed by atoms with Crippen molar-refractivity contribution >= 4 is 11.5 Å². The number of hydrogen-bond acceptors (Lipinski definition) is 5.